The van der Waals surface area contributed by atoms with E-state index in [1.807, 2.05) is 13.8 Å². The van der Waals surface area contributed by atoms with Crippen molar-refractivity contribution in [2.45, 2.75) is 130 Å². The molecule has 0 saturated carbocycles. The van der Waals surface area contributed by atoms with E-state index in [2.05, 4.69) is 11.8 Å². The van der Waals surface area contributed by atoms with Gasteiger partial charge in [0.2, 0.25) is 0 Å². The van der Waals surface area contributed by atoms with Crippen LogP contribution in [0.4, 0.5) is 0 Å². The SMILES string of the molecule is CCCCCCCCCCCCCCCCCC(=O)OOC(C)C.[Ti]. The van der Waals surface area contributed by atoms with Crippen LogP contribution in [0.1, 0.15) is 124 Å². The molecule has 0 aromatic heterocycles. The van der Waals surface area contributed by atoms with Gasteiger partial charge in [0, 0.05) is 28.1 Å². The minimum Gasteiger partial charge on any atom is -0.298 e. The molecule has 3 nitrogen and oxygen atoms in total. The monoisotopic (exact) mass is 390 g/mol. The Morgan fingerprint density at radius 2 is 1.04 bits per heavy atom. The van der Waals surface area contributed by atoms with Gasteiger partial charge in [-0.25, -0.2) is 4.79 Å². The van der Waals surface area contributed by atoms with Gasteiger partial charge in [-0.05, 0) is 20.3 Å². The van der Waals surface area contributed by atoms with Crippen LogP contribution >= 0.6 is 0 Å². The standard InChI is InChI=1S/C21H42O3.Ti/c1-4-5-6-7-8-9-10-11-12-13-14-15-16-17-18-19-21(22)24-23-20(2)3;/h20H,4-19H2,1-3H3;. The van der Waals surface area contributed by atoms with Crippen molar-refractivity contribution in [3.8, 4) is 0 Å². The van der Waals surface area contributed by atoms with Crippen LogP contribution in [0.3, 0.4) is 0 Å². The molecule has 0 unspecified atom stereocenters. The minimum absolute atomic E-state index is 0. The smallest absolute Gasteiger partial charge is 0.298 e. The number of carbonyl (C=O) groups is 1. The van der Waals surface area contributed by atoms with Gasteiger partial charge in [-0.15, -0.1) is 0 Å². The third-order valence-electron chi connectivity index (χ3n) is 4.32. The molecule has 0 spiro atoms. The summed E-state index contributed by atoms with van der Waals surface area (Å²) in [5.41, 5.74) is 0. The summed E-state index contributed by atoms with van der Waals surface area (Å²) in [6, 6.07) is 0. The first-order chi connectivity index (χ1) is 11.7. The summed E-state index contributed by atoms with van der Waals surface area (Å²) < 4.78 is 0. The third kappa shape index (κ3) is 24.1. The predicted molar refractivity (Wildman–Crippen MR) is 102 cm³/mol. The summed E-state index contributed by atoms with van der Waals surface area (Å²) in [6.07, 6.45) is 20.4. The fourth-order valence-electron chi connectivity index (χ4n) is 2.83. The van der Waals surface area contributed by atoms with Gasteiger partial charge in [0.15, 0.2) is 0 Å². The van der Waals surface area contributed by atoms with Gasteiger partial charge in [0.1, 0.15) is 0 Å². The van der Waals surface area contributed by atoms with Crippen molar-refractivity contribution >= 4 is 5.97 Å². The zero-order valence-corrected chi connectivity index (χ0v) is 18.7. The van der Waals surface area contributed by atoms with Gasteiger partial charge in [0.25, 0.3) is 0 Å². The third-order valence-corrected chi connectivity index (χ3v) is 4.32. The first kappa shape index (κ1) is 27.4. The maximum atomic E-state index is 11.3. The molecule has 0 saturated heterocycles. The molecule has 25 heavy (non-hydrogen) atoms. The Kier molecular flexibility index (Phi) is 24.3. The van der Waals surface area contributed by atoms with Crippen LogP contribution in [0.25, 0.3) is 0 Å². The van der Waals surface area contributed by atoms with E-state index in [0.29, 0.717) is 6.42 Å². The van der Waals surface area contributed by atoms with Crippen molar-refractivity contribution in [1.82, 2.24) is 0 Å². The van der Waals surface area contributed by atoms with E-state index in [0.717, 1.165) is 12.8 Å². The summed E-state index contributed by atoms with van der Waals surface area (Å²) in [7, 11) is 0. The summed E-state index contributed by atoms with van der Waals surface area (Å²) in [4.78, 5) is 20.8. The Hall–Kier alpha value is 0.144. The van der Waals surface area contributed by atoms with E-state index in [-0.39, 0.29) is 33.8 Å². The maximum absolute atomic E-state index is 11.3. The van der Waals surface area contributed by atoms with Gasteiger partial charge in [-0.2, -0.15) is 4.89 Å². The van der Waals surface area contributed by atoms with Crippen molar-refractivity contribution < 1.29 is 36.3 Å². The molecule has 0 radical (unpaired) electrons. The van der Waals surface area contributed by atoms with Crippen LogP contribution in [0.15, 0.2) is 0 Å². The van der Waals surface area contributed by atoms with Crippen LogP contribution in [0, 0.1) is 0 Å². The van der Waals surface area contributed by atoms with E-state index in [1.165, 1.54) is 83.5 Å². The molecule has 0 aromatic rings. The largest absolute Gasteiger partial charge is 0.342 e. The molecule has 0 amide bonds. The van der Waals surface area contributed by atoms with E-state index in [1.54, 1.807) is 0 Å². The van der Waals surface area contributed by atoms with E-state index >= 15 is 0 Å². The average molecular weight is 390 g/mol. The molecule has 0 aliphatic heterocycles. The summed E-state index contributed by atoms with van der Waals surface area (Å²) >= 11 is 0. The number of rotatable bonds is 18. The van der Waals surface area contributed by atoms with Crippen LogP contribution in [-0.2, 0) is 36.3 Å². The second-order valence-corrected chi connectivity index (χ2v) is 7.30. The molecule has 0 N–H and O–H groups in total. The van der Waals surface area contributed by atoms with E-state index < -0.39 is 0 Å². The number of hydrogen-bond acceptors (Lipinski definition) is 3. The van der Waals surface area contributed by atoms with Crippen molar-refractivity contribution in [3.63, 3.8) is 0 Å². The first-order valence-corrected chi connectivity index (χ1v) is 10.5. The molecular formula is C21H42O3Ti. The van der Waals surface area contributed by atoms with Crippen LogP contribution < -0.4 is 0 Å². The number of unbranched alkanes of at least 4 members (excludes halogenated alkanes) is 14. The quantitative estimate of drug-likeness (QED) is 0.108. The molecule has 0 atom stereocenters. The van der Waals surface area contributed by atoms with Crippen molar-refractivity contribution in [2.24, 2.45) is 0 Å². The van der Waals surface area contributed by atoms with Gasteiger partial charge in [0.05, 0.1) is 6.10 Å². The topological polar surface area (TPSA) is 35.5 Å². The van der Waals surface area contributed by atoms with Crippen molar-refractivity contribution in [2.75, 3.05) is 0 Å². The molecule has 0 bridgehead atoms. The van der Waals surface area contributed by atoms with E-state index in [4.69, 9.17) is 4.89 Å². The number of carbonyl (C=O) groups excluding carboxylic acids is 1. The van der Waals surface area contributed by atoms with Gasteiger partial charge in [-0.1, -0.05) is 96.8 Å². The molecule has 148 valence electrons. The summed E-state index contributed by atoms with van der Waals surface area (Å²) in [6.45, 7) is 5.97. The molecule has 4 heteroatoms. The summed E-state index contributed by atoms with van der Waals surface area (Å²) in [5, 5.41) is 0. The summed E-state index contributed by atoms with van der Waals surface area (Å²) in [5.74, 6) is -0.238. The predicted octanol–water partition coefficient (Wildman–Crippen LogP) is 7.13. The van der Waals surface area contributed by atoms with Crippen LogP contribution in [-0.4, -0.2) is 12.1 Å². The Balaban J connectivity index is 0. The molecule has 0 fully saturated rings. The second-order valence-electron chi connectivity index (χ2n) is 7.30. The number of hydrogen-bond donors (Lipinski definition) is 0. The zero-order valence-electron chi connectivity index (χ0n) is 17.1. The van der Waals surface area contributed by atoms with Crippen molar-refractivity contribution in [3.05, 3.63) is 0 Å². The zero-order chi connectivity index (χ0) is 17.9. The second kappa shape index (κ2) is 22.2. The molecule has 0 aliphatic carbocycles. The molecular weight excluding hydrogens is 348 g/mol. The Bertz CT molecular complexity index is 270. The Labute approximate surface area is 171 Å². The Morgan fingerprint density at radius 1 is 0.680 bits per heavy atom. The van der Waals surface area contributed by atoms with Crippen LogP contribution in [0.2, 0.25) is 0 Å². The van der Waals surface area contributed by atoms with Gasteiger partial charge >= 0.3 is 5.97 Å². The minimum atomic E-state index is -0.238. The molecule has 0 aromatic carbocycles. The molecule has 0 rings (SSSR count). The van der Waals surface area contributed by atoms with Gasteiger partial charge < -0.3 is 0 Å². The molecule has 0 aliphatic rings. The average Bonchev–Trinajstić information content (AvgIpc) is 2.56. The normalized spacial score (nSPS) is 10.7. The van der Waals surface area contributed by atoms with E-state index in [9.17, 15) is 4.79 Å². The maximum Gasteiger partial charge on any atom is 0.342 e. The van der Waals surface area contributed by atoms with Crippen molar-refractivity contribution in [1.29, 1.82) is 0 Å². The molecule has 0 heterocycles. The fourth-order valence-corrected chi connectivity index (χ4v) is 2.83. The Morgan fingerprint density at radius 3 is 1.40 bits per heavy atom. The van der Waals surface area contributed by atoms with Crippen LogP contribution in [0.5, 0.6) is 0 Å². The van der Waals surface area contributed by atoms with Gasteiger partial charge in [-0.3, -0.25) is 4.89 Å². The fraction of sp³-hybridized carbons (Fsp3) is 0.952. The first-order valence-electron chi connectivity index (χ1n) is 10.5.